The minimum Gasteiger partial charge on any atom is -0.376 e. The van der Waals surface area contributed by atoms with Crippen molar-refractivity contribution in [2.24, 2.45) is 0 Å². The van der Waals surface area contributed by atoms with Crippen LogP contribution in [0, 0.1) is 0 Å². The fourth-order valence-electron chi connectivity index (χ4n) is 2.77. The smallest absolute Gasteiger partial charge is 0.242 e. The van der Waals surface area contributed by atoms with E-state index in [0.29, 0.717) is 24.3 Å². The van der Waals surface area contributed by atoms with Crippen molar-refractivity contribution in [3.05, 3.63) is 29.8 Å². The lowest BCUT2D eigenvalue weighted by Gasteiger charge is -2.35. The summed E-state index contributed by atoms with van der Waals surface area (Å²) in [7, 11) is -3.13. The Hall–Kier alpha value is -1.60. The van der Waals surface area contributed by atoms with Crippen molar-refractivity contribution in [2.45, 2.75) is 31.8 Å². The van der Waals surface area contributed by atoms with Crippen LogP contribution >= 0.6 is 0 Å². The summed E-state index contributed by atoms with van der Waals surface area (Å²) in [5, 5.41) is 3.07. The van der Waals surface area contributed by atoms with Gasteiger partial charge in [-0.05, 0) is 25.5 Å². The fraction of sp³-hybridized carbons (Fsp3) is 0.562. The summed E-state index contributed by atoms with van der Waals surface area (Å²) < 4.78 is 28.6. The van der Waals surface area contributed by atoms with Crippen LogP contribution in [0.4, 0.5) is 5.69 Å². The SMILES string of the molecule is C[C@@H]1CN(C(=O)CNc2ccccc2CS(C)(=O)=O)C[C@@H](C)O1. The van der Waals surface area contributed by atoms with Gasteiger partial charge in [0.15, 0.2) is 9.84 Å². The van der Waals surface area contributed by atoms with Gasteiger partial charge in [-0.2, -0.15) is 0 Å². The molecule has 0 aromatic heterocycles. The molecule has 1 aromatic carbocycles. The molecule has 0 unspecified atom stereocenters. The Kier molecular flexibility index (Phi) is 5.64. The first-order valence-electron chi connectivity index (χ1n) is 7.67. The average Bonchev–Trinajstić information content (AvgIpc) is 2.43. The zero-order chi connectivity index (χ0) is 17.0. The van der Waals surface area contributed by atoms with Gasteiger partial charge in [0, 0.05) is 25.0 Å². The molecule has 6 nitrogen and oxygen atoms in total. The number of hydrogen-bond donors (Lipinski definition) is 1. The van der Waals surface area contributed by atoms with E-state index in [1.54, 1.807) is 23.1 Å². The molecule has 0 saturated carbocycles. The van der Waals surface area contributed by atoms with Crippen LogP contribution in [0.1, 0.15) is 19.4 Å². The molecule has 1 aliphatic heterocycles. The van der Waals surface area contributed by atoms with Crippen LogP contribution in [-0.2, 0) is 25.1 Å². The second kappa shape index (κ2) is 7.31. The van der Waals surface area contributed by atoms with Gasteiger partial charge >= 0.3 is 0 Å². The third-order valence-electron chi connectivity index (χ3n) is 3.64. The molecule has 0 spiro atoms. The molecule has 0 aliphatic carbocycles. The Balaban J connectivity index is 1.99. The molecular weight excluding hydrogens is 316 g/mol. The van der Waals surface area contributed by atoms with E-state index in [0.717, 1.165) is 0 Å². The third kappa shape index (κ3) is 5.51. The Morgan fingerprint density at radius 2 is 1.87 bits per heavy atom. The highest BCUT2D eigenvalue weighted by molar-refractivity contribution is 7.89. The maximum atomic E-state index is 12.3. The molecule has 128 valence electrons. The van der Waals surface area contributed by atoms with Crippen molar-refractivity contribution >= 4 is 21.4 Å². The van der Waals surface area contributed by atoms with Gasteiger partial charge in [0.2, 0.25) is 5.91 Å². The summed E-state index contributed by atoms with van der Waals surface area (Å²) in [6, 6.07) is 7.15. The summed E-state index contributed by atoms with van der Waals surface area (Å²) in [6.07, 6.45) is 1.26. The first kappa shape index (κ1) is 17.7. The molecule has 0 bridgehead atoms. The Morgan fingerprint density at radius 3 is 2.48 bits per heavy atom. The minimum atomic E-state index is -3.13. The van der Waals surface area contributed by atoms with Crippen LogP contribution < -0.4 is 5.32 Å². The molecular formula is C16H24N2O4S. The number of para-hydroxylation sites is 1. The summed E-state index contributed by atoms with van der Waals surface area (Å²) in [4.78, 5) is 14.1. The van der Waals surface area contributed by atoms with Crippen LogP contribution in [0.5, 0.6) is 0 Å². The van der Waals surface area contributed by atoms with Crippen molar-refractivity contribution in [3.8, 4) is 0 Å². The first-order valence-corrected chi connectivity index (χ1v) is 9.73. The van der Waals surface area contributed by atoms with Crippen molar-refractivity contribution in [2.75, 3.05) is 31.2 Å². The standard InChI is InChI=1S/C16H24N2O4S/c1-12-9-18(10-13(2)22-12)16(19)8-17-15-7-5-4-6-14(15)11-23(3,20)21/h4-7,12-13,17H,8-11H2,1-3H3/t12-,13-/m1/s1. The van der Waals surface area contributed by atoms with Gasteiger partial charge in [-0.3, -0.25) is 4.79 Å². The van der Waals surface area contributed by atoms with E-state index in [9.17, 15) is 13.2 Å². The van der Waals surface area contributed by atoms with Gasteiger partial charge in [0.1, 0.15) is 0 Å². The lowest BCUT2D eigenvalue weighted by Crippen LogP contribution is -2.49. The molecule has 0 radical (unpaired) electrons. The Bertz CT molecular complexity index is 650. The Labute approximate surface area is 137 Å². The van der Waals surface area contributed by atoms with Crippen molar-refractivity contribution in [3.63, 3.8) is 0 Å². The van der Waals surface area contributed by atoms with Gasteiger partial charge < -0.3 is 15.0 Å². The van der Waals surface area contributed by atoms with E-state index in [1.165, 1.54) is 6.26 Å². The number of sulfone groups is 1. The van der Waals surface area contributed by atoms with E-state index in [-0.39, 0.29) is 30.4 Å². The van der Waals surface area contributed by atoms with Crippen LogP contribution in [0.25, 0.3) is 0 Å². The summed E-state index contributed by atoms with van der Waals surface area (Å²) in [5.41, 5.74) is 1.35. The molecule has 1 fully saturated rings. The topological polar surface area (TPSA) is 75.7 Å². The third-order valence-corrected chi connectivity index (χ3v) is 4.47. The largest absolute Gasteiger partial charge is 0.376 e. The normalized spacial score (nSPS) is 22.0. The highest BCUT2D eigenvalue weighted by Gasteiger charge is 2.25. The second-order valence-corrected chi connectivity index (χ2v) is 8.28. The predicted molar refractivity (Wildman–Crippen MR) is 90.1 cm³/mol. The van der Waals surface area contributed by atoms with E-state index in [1.807, 2.05) is 19.9 Å². The molecule has 2 rings (SSSR count). The van der Waals surface area contributed by atoms with Gasteiger partial charge in [-0.25, -0.2) is 8.42 Å². The summed E-state index contributed by atoms with van der Waals surface area (Å²) in [5.74, 6) is -0.0585. The number of anilines is 1. The molecule has 1 aliphatic rings. The lowest BCUT2D eigenvalue weighted by atomic mass is 10.2. The zero-order valence-corrected chi connectivity index (χ0v) is 14.6. The zero-order valence-electron chi connectivity index (χ0n) is 13.8. The molecule has 1 N–H and O–H groups in total. The maximum Gasteiger partial charge on any atom is 0.242 e. The molecule has 1 aromatic rings. The van der Waals surface area contributed by atoms with Crippen LogP contribution in [0.2, 0.25) is 0 Å². The quantitative estimate of drug-likeness (QED) is 0.874. The number of carbonyl (C=O) groups excluding carboxylic acids is 1. The van der Waals surface area contributed by atoms with E-state index >= 15 is 0 Å². The predicted octanol–water partition coefficient (Wildman–Crippen LogP) is 1.28. The van der Waals surface area contributed by atoms with Crippen LogP contribution in [0.15, 0.2) is 24.3 Å². The number of amides is 1. The van der Waals surface area contributed by atoms with Gasteiger partial charge in [-0.1, -0.05) is 18.2 Å². The number of ether oxygens (including phenoxy) is 1. The Morgan fingerprint density at radius 1 is 1.26 bits per heavy atom. The highest BCUT2D eigenvalue weighted by atomic mass is 32.2. The van der Waals surface area contributed by atoms with E-state index in [2.05, 4.69) is 5.32 Å². The second-order valence-electron chi connectivity index (χ2n) is 6.14. The first-order chi connectivity index (χ1) is 10.7. The van der Waals surface area contributed by atoms with Crippen molar-refractivity contribution < 1.29 is 17.9 Å². The van der Waals surface area contributed by atoms with Crippen LogP contribution in [0.3, 0.4) is 0 Å². The number of morpholine rings is 1. The fourth-order valence-corrected chi connectivity index (χ4v) is 3.58. The number of hydrogen-bond acceptors (Lipinski definition) is 5. The van der Waals surface area contributed by atoms with E-state index in [4.69, 9.17) is 4.74 Å². The van der Waals surface area contributed by atoms with Gasteiger partial charge in [-0.15, -0.1) is 0 Å². The molecule has 23 heavy (non-hydrogen) atoms. The highest BCUT2D eigenvalue weighted by Crippen LogP contribution is 2.18. The molecule has 7 heteroatoms. The number of rotatable bonds is 5. The summed E-state index contributed by atoms with van der Waals surface area (Å²) >= 11 is 0. The molecule has 2 atom stereocenters. The molecule has 1 heterocycles. The monoisotopic (exact) mass is 340 g/mol. The summed E-state index contributed by atoms with van der Waals surface area (Å²) in [6.45, 7) is 5.20. The number of nitrogens with one attached hydrogen (secondary N) is 1. The number of nitrogens with zero attached hydrogens (tertiary/aromatic N) is 1. The van der Waals surface area contributed by atoms with Crippen molar-refractivity contribution in [1.82, 2.24) is 4.90 Å². The van der Waals surface area contributed by atoms with Gasteiger partial charge in [0.05, 0.1) is 24.5 Å². The van der Waals surface area contributed by atoms with Crippen molar-refractivity contribution in [1.29, 1.82) is 0 Å². The van der Waals surface area contributed by atoms with Crippen LogP contribution in [-0.4, -0.2) is 57.3 Å². The number of benzene rings is 1. The van der Waals surface area contributed by atoms with Gasteiger partial charge in [0.25, 0.3) is 0 Å². The molecule has 1 amide bonds. The molecule has 1 saturated heterocycles. The average molecular weight is 340 g/mol. The number of carbonyl (C=O) groups is 1. The lowest BCUT2D eigenvalue weighted by molar-refractivity contribution is -0.141. The minimum absolute atomic E-state index is 0.0128. The maximum absolute atomic E-state index is 12.3. The van der Waals surface area contributed by atoms with E-state index < -0.39 is 9.84 Å².